The van der Waals surface area contributed by atoms with Gasteiger partial charge >= 0.3 is 0 Å². The normalized spacial score (nSPS) is 24.8. The number of fused-ring (bicyclic) bond motifs is 1. The molecule has 16 heteroatoms. The molecule has 2 fully saturated rings. The number of aliphatic hydroxyl groups is 1. The Morgan fingerprint density at radius 3 is 2.28 bits per heavy atom. The zero-order valence-corrected chi connectivity index (χ0v) is 31.9. The van der Waals surface area contributed by atoms with Gasteiger partial charge in [-0.3, -0.25) is 38.2 Å². The molecule has 2 aliphatic heterocycles. The molecule has 6 N–H and O–H groups in total. The number of aryl methyl sites for hydroxylation is 2. The molecule has 2 aliphatic rings. The van der Waals surface area contributed by atoms with Crippen molar-refractivity contribution in [2.45, 2.75) is 123 Å². The highest BCUT2D eigenvalue weighted by molar-refractivity contribution is 5.97. The number of benzene rings is 1. The molecule has 2 aromatic rings. The van der Waals surface area contributed by atoms with Gasteiger partial charge in [0.25, 0.3) is 0 Å². The van der Waals surface area contributed by atoms with E-state index in [0.717, 1.165) is 5.56 Å². The van der Waals surface area contributed by atoms with E-state index >= 15 is 0 Å². The number of nitrogens with one attached hydrogen (secondary N) is 5. The second-order valence-electron chi connectivity index (χ2n) is 14.7. The first-order valence-corrected chi connectivity index (χ1v) is 18.6. The van der Waals surface area contributed by atoms with Crippen LogP contribution in [0.3, 0.4) is 0 Å². The van der Waals surface area contributed by atoms with Gasteiger partial charge in [-0.25, -0.2) is 0 Å². The van der Waals surface area contributed by atoms with Crippen LogP contribution < -0.4 is 26.6 Å². The van der Waals surface area contributed by atoms with Crippen LogP contribution in [0.25, 0.3) is 0 Å². The number of ketones is 1. The molecule has 0 spiro atoms. The van der Waals surface area contributed by atoms with Crippen molar-refractivity contribution in [2.75, 3.05) is 13.1 Å². The van der Waals surface area contributed by atoms with Crippen molar-refractivity contribution in [1.82, 2.24) is 41.3 Å². The molecule has 0 aliphatic carbocycles. The van der Waals surface area contributed by atoms with Crippen LogP contribution in [0.1, 0.15) is 87.1 Å². The van der Waals surface area contributed by atoms with Gasteiger partial charge in [0.2, 0.25) is 35.4 Å². The van der Waals surface area contributed by atoms with Crippen LogP contribution in [0.4, 0.5) is 0 Å². The van der Waals surface area contributed by atoms with Crippen molar-refractivity contribution in [3.63, 3.8) is 0 Å². The minimum atomic E-state index is -1.15. The van der Waals surface area contributed by atoms with E-state index in [1.165, 1.54) is 18.7 Å². The Morgan fingerprint density at radius 2 is 1.63 bits per heavy atom. The molecule has 54 heavy (non-hydrogen) atoms. The van der Waals surface area contributed by atoms with Gasteiger partial charge in [0, 0.05) is 44.6 Å². The average Bonchev–Trinajstić information content (AvgIpc) is 3.64. The fourth-order valence-corrected chi connectivity index (χ4v) is 7.04. The van der Waals surface area contributed by atoms with Gasteiger partial charge in [0.05, 0.1) is 17.4 Å². The predicted octanol–water partition coefficient (Wildman–Crippen LogP) is 0.212. The number of hydrogen-bond donors (Lipinski definition) is 6. The molecule has 0 bridgehead atoms. The Labute approximate surface area is 315 Å². The van der Waals surface area contributed by atoms with Crippen LogP contribution in [0.5, 0.6) is 0 Å². The number of hydrogen-bond acceptors (Lipinski definition) is 9. The number of amides is 6. The number of carbonyl (C=O) groups is 7. The van der Waals surface area contributed by atoms with E-state index < -0.39 is 71.8 Å². The Kier molecular flexibility index (Phi) is 14.5. The Morgan fingerprint density at radius 1 is 0.963 bits per heavy atom. The molecule has 4 rings (SSSR count). The number of nitrogens with zero attached hydrogens (tertiary/aromatic N) is 3. The van der Waals surface area contributed by atoms with Gasteiger partial charge < -0.3 is 36.6 Å². The van der Waals surface area contributed by atoms with E-state index in [4.69, 9.17) is 0 Å². The summed E-state index contributed by atoms with van der Waals surface area (Å²) >= 11 is 0. The number of carbonyl (C=O) groups excluding carboxylic acids is 7. The van der Waals surface area contributed by atoms with Gasteiger partial charge in [-0.05, 0) is 58.4 Å². The largest absolute Gasteiger partial charge is 0.391 e. The molecule has 6 atom stereocenters. The highest BCUT2D eigenvalue weighted by Crippen LogP contribution is 2.20. The summed E-state index contributed by atoms with van der Waals surface area (Å²) in [6, 6.07) is 3.64. The Hall–Kier alpha value is -5.12. The summed E-state index contributed by atoms with van der Waals surface area (Å²) in [6.07, 6.45) is -0.371. The number of Topliss-reactive ketones (excluding diaryl/α,β-unsaturated/α-hetero) is 1. The van der Waals surface area contributed by atoms with E-state index in [1.54, 1.807) is 42.8 Å². The quantitative estimate of drug-likeness (QED) is 0.193. The van der Waals surface area contributed by atoms with Crippen LogP contribution >= 0.6 is 0 Å². The minimum absolute atomic E-state index is 0.0112. The lowest BCUT2D eigenvalue weighted by molar-refractivity contribution is -0.141. The zero-order valence-electron chi connectivity index (χ0n) is 31.9. The summed E-state index contributed by atoms with van der Waals surface area (Å²) < 4.78 is 1.57. The van der Waals surface area contributed by atoms with Gasteiger partial charge in [0.1, 0.15) is 30.2 Å². The molecule has 3 heterocycles. The van der Waals surface area contributed by atoms with Crippen LogP contribution in [0.15, 0.2) is 30.3 Å². The molecule has 6 amide bonds. The fourth-order valence-electron chi connectivity index (χ4n) is 7.04. The maximum Gasteiger partial charge on any atom is 0.245 e. The lowest BCUT2D eigenvalue weighted by atomic mass is 10.00. The number of aromatic nitrogens is 2. The van der Waals surface area contributed by atoms with Crippen LogP contribution in [-0.4, -0.2) is 110 Å². The zero-order chi connectivity index (χ0) is 39.7. The molecule has 0 radical (unpaired) electrons. The monoisotopic (exact) mass is 750 g/mol. The number of aliphatic hydroxyl groups excluding tert-OH is 1. The molecular formula is C38H54N8O8. The van der Waals surface area contributed by atoms with E-state index in [2.05, 4.69) is 31.7 Å². The van der Waals surface area contributed by atoms with Crippen LogP contribution in [-0.2, 0) is 41.7 Å². The summed E-state index contributed by atoms with van der Waals surface area (Å²) in [6.45, 7) is 10.3. The molecular weight excluding hydrogens is 696 g/mol. The highest BCUT2D eigenvalue weighted by atomic mass is 16.3. The van der Waals surface area contributed by atoms with Gasteiger partial charge in [0.15, 0.2) is 5.78 Å². The van der Waals surface area contributed by atoms with Crippen molar-refractivity contribution in [2.24, 2.45) is 5.92 Å². The number of rotatable bonds is 9. The SMILES string of the molecule is CC(=O)c1c(C)nn(CCC(=O)N[C@H]2CCCNC(=O)[C@@H]3C[C@@H](O)CN3C(=O)[C@H](C)NC(=O)[C@H](CC(C)C)NC(=O)[C@@H](Cc3ccccc3)NC2=O)c1C. The summed E-state index contributed by atoms with van der Waals surface area (Å²) in [4.78, 5) is 95.1. The summed E-state index contributed by atoms with van der Waals surface area (Å²) in [7, 11) is 0. The highest BCUT2D eigenvalue weighted by Gasteiger charge is 2.41. The van der Waals surface area contributed by atoms with Crippen LogP contribution in [0.2, 0.25) is 0 Å². The molecule has 0 saturated carbocycles. The molecule has 1 aromatic heterocycles. The smallest absolute Gasteiger partial charge is 0.245 e. The first-order chi connectivity index (χ1) is 25.5. The second kappa shape index (κ2) is 18.8. The van der Waals surface area contributed by atoms with Crippen molar-refractivity contribution in [3.05, 3.63) is 52.8 Å². The van der Waals surface area contributed by atoms with Crippen LogP contribution in [0, 0.1) is 19.8 Å². The summed E-state index contributed by atoms with van der Waals surface area (Å²) in [5, 5.41) is 28.6. The van der Waals surface area contributed by atoms with Crippen molar-refractivity contribution < 1.29 is 38.7 Å². The van der Waals surface area contributed by atoms with E-state index in [1.807, 2.05) is 19.9 Å². The van der Waals surface area contributed by atoms with E-state index in [-0.39, 0.29) is 69.9 Å². The molecule has 2 saturated heterocycles. The van der Waals surface area contributed by atoms with Crippen molar-refractivity contribution in [1.29, 1.82) is 0 Å². The van der Waals surface area contributed by atoms with Gasteiger partial charge in [-0.2, -0.15) is 5.10 Å². The standard InChI is InChI=1S/C38H54N8O8/c1-21(2)17-29-35(51)40-23(4)38(54)45-20-27(48)19-31(45)37(53)39-15-10-13-28(34(50)43-30(36(52)42-29)18-26-11-8-7-9-12-26)41-32(49)14-16-46-24(5)33(25(6)47)22(3)44-46/h7-9,11-12,21,23,27-31,48H,10,13-20H2,1-6H3,(H,39,53)(H,40,51)(H,41,49)(H,42,52)(H,43,50)/t23-,27+,28-,29-,30+,31-/m0/s1. The summed E-state index contributed by atoms with van der Waals surface area (Å²) in [5.74, 6) is -3.57. The lowest BCUT2D eigenvalue weighted by Crippen LogP contribution is -2.59. The lowest BCUT2D eigenvalue weighted by Gasteiger charge is -2.29. The molecule has 0 unspecified atom stereocenters. The maximum absolute atomic E-state index is 14.0. The van der Waals surface area contributed by atoms with Crippen molar-refractivity contribution in [3.8, 4) is 0 Å². The van der Waals surface area contributed by atoms with Crippen molar-refractivity contribution >= 4 is 41.2 Å². The third-order valence-corrected chi connectivity index (χ3v) is 9.75. The van der Waals surface area contributed by atoms with Gasteiger partial charge in [-0.1, -0.05) is 44.2 Å². The van der Waals surface area contributed by atoms with E-state index in [0.29, 0.717) is 17.0 Å². The predicted molar refractivity (Wildman–Crippen MR) is 198 cm³/mol. The fraction of sp³-hybridized carbons (Fsp3) is 0.579. The Balaban J connectivity index is 1.62. The minimum Gasteiger partial charge on any atom is -0.391 e. The third kappa shape index (κ3) is 11.0. The molecule has 16 nitrogen and oxygen atoms in total. The first kappa shape index (κ1) is 41.6. The second-order valence-corrected chi connectivity index (χ2v) is 14.7. The van der Waals surface area contributed by atoms with E-state index in [9.17, 15) is 38.7 Å². The topological polar surface area (TPSA) is 221 Å². The molecule has 1 aromatic carbocycles. The average molecular weight is 751 g/mol. The first-order valence-electron chi connectivity index (χ1n) is 18.6. The Bertz CT molecular complexity index is 1710. The van der Waals surface area contributed by atoms with Gasteiger partial charge in [-0.15, -0.1) is 0 Å². The third-order valence-electron chi connectivity index (χ3n) is 9.75. The summed E-state index contributed by atoms with van der Waals surface area (Å²) in [5.41, 5.74) is 2.41. The molecule has 294 valence electrons. The maximum atomic E-state index is 14.0.